The van der Waals surface area contributed by atoms with Gasteiger partial charge in [-0.3, -0.25) is 4.90 Å². The van der Waals surface area contributed by atoms with Gasteiger partial charge in [-0.25, -0.2) is 0 Å². The van der Waals surface area contributed by atoms with Gasteiger partial charge >= 0.3 is 0 Å². The minimum Gasteiger partial charge on any atom is -0.385 e. The summed E-state index contributed by atoms with van der Waals surface area (Å²) in [6.07, 6.45) is 9.82. The Balaban J connectivity index is 1.48. The molecule has 0 spiro atoms. The van der Waals surface area contributed by atoms with Crippen molar-refractivity contribution in [2.45, 2.75) is 57.5 Å². The Labute approximate surface area is 122 Å². The normalized spacial score (nSPS) is 29.6. The molecule has 1 saturated heterocycles. The standard InChI is InChI=1S/C18H26N2/c1-2-6-18-15(4-1)9-11-20(18)13-14-7-8-17-16(12-14)5-3-10-19-17/h7-8,12,15,18-19H,1-6,9-11,13H2. The molecule has 2 atom stereocenters. The number of fused-ring (bicyclic) bond motifs is 2. The Morgan fingerprint density at radius 1 is 1.10 bits per heavy atom. The van der Waals surface area contributed by atoms with E-state index in [0.29, 0.717) is 0 Å². The van der Waals surface area contributed by atoms with E-state index in [1.165, 1.54) is 74.8 Å². The molecule has 2 aliphatic heterocycles. The zero-order chi connectivity index (χ0) is 13.4. The van der Waals surface area contributed by atoms with Gasteiger partial charge in [-0.1, -0.05) is 25.0 Å². The molecular weight excluding hydrogens is 244 g/mol. The lowest BCUT2D eigenvalue weighted by molar-refractivity contribution is 0.176. The number of nitrogens with one attached hydrogen (secondary N) is 1. The number of hydrogen-bond acceptors (Lipinski definition) is 2. The van der Waals surface area contributed by atoms with E-state index in [4.69, 9.17) is 0 Å². The third-order valence-corrected chi connectivity index (χ3v) is 5.62. The lowest BCUT2D eigenvalue weighted by atomic mass is 9.85. The van der Waals surface area contributed by atoms with Crippen LogP contribution in [0.15, 0.2) is 18.2 Å². The molecule has 4 rings (SSSR count). The first-order chi connectivity index (χ1) is 9.90. The Hall–Kier alpha value is -1.02. The third-order valence-electron chi connectivity index (χ3n) is 5.62. The van der Waals surface area contributed by atoms with Gasteiger partial charge in [-0.05, 0) is 61.8 Å². The molecule has 2 fully saturated rings. The van der Waals surface area contributed by atoms with Crippen LogP contribution in [0.25, 0.3) is 0 Å². The minimum absolute atomic E-state index is 0.887. The van der Waals surface area contributed by atoms with E-state index >= 15 is 0 Å². The number of likely N-dealkylation sites (tertiary alicyclic amines) is 1. The highest BCUT2D eigenvalue weighted by atomic mass is 15.2. The Kier molecular flexibility index (Phi) is 3.43. The molecule has 0 radical (unpaired) electrons. The number of aryl methyl sites for hydroxylation is 1. The summed E-state index contributed by atoms with van der Waals surface area (Å²) in [5, 5.41) is 3.52. The minimum atomic E-state index is 0.887. The molecule has 2 unspecified atom stereocenters. The quantitative estimate of drug-likeness (QED) is 0.879. The molecule has 2 nitrogen and oxygen atoms in total. The Bertz CT molecular complexity index is 482. The van der Waals surface area contributed by atoms with Crippen molar-refractivity contribution in [2.24, 2.45) is 5.92 Å². The average molecular weight is 270 g/mol. The second kappa shape index (κ2) is 5.40. The topological polar surface area (TPSA) is 15.3 Å². The summed E-state index contributed by atoms with van der Waals surface area (Å²) < 4.78 is 0. The molecule has 0 aromatic heterocycles. The molecule has 1 saturated carbocycles. The van der Waals surface area contributed by atoms with Crippen LogP contribution in [0.1, 0.15) is 49.7 Å². The lowest BCUT2D eigenvalue weighted by Crippen LogP contribution is -2.34. The molecular formula is C18H26N2. The van der Waals surface area contributed by atoms with E-state index in [-0.39, 0.29) is 0 Å². The van der Waals surface area contributed by atoms with Gasteiger partial charge in [0.15, 0.2) is 0 Å². The molecule has 1 N–H and O–H groups in total. The summed E-state index contributed by atoms with van der Waals surface area (Å²) in [6.45, 7) is 3.64. The number of anilines is 1. The molecule has 20 heavy (non-hydrogen) atoms. The molecule has 3 aliphatic rings. The predicted octanol–water partition coefficient (Wildman–Crippen LogP) is 3.81. The molecule has 108 valence electrons. The first-order valence-corrected chi connectivity index (χ1v) is 8.50. The van der Waals surface area contributed by atoms with Crippen LogP contribution in [-0.4, -0.2) is 24.0 Å². The summed E-state index contributed by atoms with van der Waals surface area (Å²) in [5.41, 5.74) is 4.43. The van der Waals surface area contributed by atoms with E-state index in [0.717, 1.165) is 18.5 Å². The number of hydrogen-bond donors (Lipinski definition) is 1. The van der Waals surface area contributed by atoms with Gasteiger partial charge in [0.05, 0.1) is 0 Å². The van der Waals surface area contributed by atoms with Crippen molar-refractivity contribution in [3.63, 3.8) is 0 Å². The molecule has 1 aromatic carbocycles. The second-order valence-electron chi connectivity index (χ2n) is 6.89. The van der Waals surface area contributed by atoms with Crippen molar-refractivity contribution < 1.29 is 0 Å². The fourth-order valence-corrected chi connectivity index (χ4v) is 4.56. The van der Waals surface area contributed by atoms with Crippen LogP contribution < -0.4 is 5.32 Å². The van der Waals surface area contributed by atoms with E-state index in [9.17, 15) is 0 Å². The summed E-state index contributed by atoms with van der Waals surface area (Å²) in [5.74, 6) is 1.00. The maximum absolute atomic E-state index is 3.52. The molecule has 1 aromatic rings. The average Bonchev–Trinajstić information content (AvgIpc) is 2.91. The summed E-state index contributed by atoms with van der Waals surface area (Å²) in [4.78, 5) is 2.77. The predicted molar refractivity (Wildman–Crippen MR) is 84.0 cm³/mol. The van der Waals surface area contributed by atoms with Crippen LogP contribution in [0.5, 0.6) is 0 Å². The Morgan fingerprint density at radius 3 is 3.05 bits per heavy atom. The SMILES string of the molecule is c1cc2c(cc1CN1CCC3CCCCC31)CCCN2. The van der Waals surface area contributed by atoms with Crippen LogP contribution in [0, 0.1) is 5.92 Å². The van der Waals surface area contributed by atoms with Crippen molar-refractivity contribution in [1.29, 1.82) is 0 Å². The van der Waals surface area contributed by atoms with Gasteiger partial charge in [0.2, 0.25) is 0 Å². The van der Waals surface area contributed by atoms with Crippen molar-refractivity contribution in [1.82, 2.24) is 4.90 Å². The molecule has 1 aliphatic carbocycles. The van der Waals surface area contributed by atoms with E-state index in [1.807, 2.05) is 0 Å². The summed E-state index contributed by atoms with van der Waals surface area (Å²) in [7, 11) is 0. The van der Waals surface area contributed by atoms with Gasteiger partial charge in [0.1, 0.15) is 0 Å². The molecule has 0 bridgehead atoms. The second-order valence-corrected chi connectivity index (χ2v) is 6.89. The van der Waals surface area contributed by atoms with Crippen LogP contribution in [0.4, 0.5) is 5.69 Å². The highest BCUT2D eigenvalue weighted by Gasteiger charge is 2.35. The highest BCUT2D eigenvalue weighted by Crippen LogP contribution is 2.37. The zero-order valence-corrected chi connectivity index (χ0v) is 12.4. The monoisotopic (exact) mass is 270 g/mol. The third kappa shape index (κ3) is 2.35. The van der Waals surface area contributed by atoms with E-state index in [2.05, 4.69) is 28.4 Å². The smallest absolute Gasteiger partial charge is 0.0372 e. The molecule has 2 heteroatoms. The first kappa shape index (κ1) is 12.7. The van der Waals surface area contributed by atoms with Crippen LogP contribution >= 0.6 is 0 Å². The van der Waals surface area contributed by atoms with E-state index < -0.39 is 0 Å². The van der Waals surface area contributed by atoms with Gasteiger partial charge in [-0.15, -0.1) is 0 Å². The van der Waals surface area contributed by atoms with Crippen LogP contribution in [0.3, 0.4) is 0 Å². The van der Waals surface area contributed by atoms with Crippen LogP contribution in [0.2, 0.25) is 0 Å². The van der Waals surface area contributed by atoms with E-state index in [1.54, 1.807) is 0 Å². The fourth-order valence-electron chi connectivity index (χ4n) is 4.56. The lowest BCUT2D eigenvalue weighted by Gasteiger charge is -2.32. The van der Waals surface area contributed by atoms with Gasteiger partial charge < -0.3 is 5.32 Å². The van der Waals surface area contributed by atoms with Crippen molar-refractivity contribution in [3.05, 3.63) is 29.3 Å². The van der Waals surface area contributed by atoms with Crippen molar-refractivity contribution in [3.8, 4) is 0 Å². The fraction of sp³-hybridized carbons (Fsp3) is 0.667. The van der Waals surface area contributed by atoms with Crippen molar-refractivity contribution >= 4 is 5.69 Å². The van der Waals surface area contributed by atoms with Crippen molar-refractivity contribution in [2.75, 3.05) is 18.4 Å². The molecule has 0 amide bonds. The first-order valence-electron chi connectivity index (χ1n) is 8.50. The highest BCUT2D eigenvalue weighted by molar-refractivity contribution is 5.54. The van der Waals surface area contributed by atoms with Crippen LogP contribution in [-0.2, 0) is 13.0 Å². The summed E-state index contributed by atoms with van der Waals surface area (Å²) in [6, 6.07) is 7.99. The van der Waals surface area contributed by atoms with Gasteiger partial charge in [0, 0.05) is 24.8 Å². The van der Waals surface area contributed by atoms with Gasteiger partial charge in [0.25, 0.3) is 0 Å². The largest absolute Gasteiger partial charge is 0.385 e. The zero-order valence-electron chi connectivity index (χ0n) is 12.4. The number of benzene rings is 1. The number of nitrogens with zero attached hydrogens (tertiary/aromatic N) is 1. The molecule has 2 heterocycles. The maximum atomic E-state index is 3.52. The van der Waals surface area contributed by atoms with Gasteiger partial charge in [-0.2, -0.15) is 0 Å². The maximum Gasteiger partial charge on any atom is 0.0372 e. The number of rotatable bonds is 2. The Morgan fingerprint density at radius 2 is 2.05 bits per heavy atom. The summed E-state index contributed by atoms with van der Waals surface area (Å²) >= 11 is 0.